The molecular weight excluding hydrogens is 338 g/mol. The van der Waals surface area contributed by atoms with Gasteiger partial charge in [-0.05, 0) is 31.0 Å². The second-order valence-corrected chi connectivity index (χ2v) is 7.91. The Hall–Kier alpha value is -1.30. The number of hydrogen-bond donors (Lipinski definition) is 3. The smallest absolute Gasteiger partial charge is 0.191 e. The van der Waals surface area contributed by atoms with Gasteiger partial charge in [-0.25, -0.2) is 0 Å². The predicted octanol–water partition coefficient (Wildman–Crippen LogP) is 2.74. The molecule has 1 saturated heterocycles. The van der Waals surface area contributed by atoms with Crippen LogP contribution in [0.5, 0.6) is 0 Å². The van der Waals surface area contributed by atoms with Crippen LogP contribution in [0.3, 0.4) is 0 Å². The molecule has 0 radical (unpaired) electrons. The number of ether oxygens (including phenoxy) is 1. The molecule has 1 aliphatic heterocycles. The van der Waals surface area contributed by atoms with Crippen molar-refractivity contribution in [1.82, 2.24) is 10.6 Å². The molecular formula is C19H28ClN3O2. The van der Waals surface area contributed by atoms with Crippen molar-refractivity contribution in [2.24, 2.45) is 16.3 Å². The van der Waals surface area contributed by atoms with Crippen LogP contribution >= 0.6 is 11.6 Å². The fourth-order valence-electron chi connectivity index (χ4n) is 4.08. The zero-order valence-corrected chi connectivity index (χ0v) is 15.9. The van der Waals surface area contributed by atoms with Gasteiger partial charge in [-0.15, -0.1) is 0 Å². The van der Waals surface area contributed by atoms with Gasteiger partial charge >= 0.3 is 0 Å². The zero-order chi connectivity index (χ0) is 18.0. The average Bonchev–Trinajstić information content (AvgIpc) is 3.04. The highest BCUT2D eigenvalue weighted by Crippen LogP contribution is 2.52. The summed E-state index contributed by atoms with van der Waals surface area (Å²) < 4.78 is 5.85. The number of nitrogens with one attached hydrogen (secondary N) is 2. The summed E-state index contributed by atoms with van der Waals surface area (Å²) in [4.78, 5) is 4.58. The van der Waals surface area contributed by atoms with Crippen molar-refractivity contribution in [3.63, 3.8) is 0 Å². The first-order valence-electron chi connectivity index (χ1n) is 9.03. The van der Waals surface area contributed by atoms with Crippen molar-refractivity contribution < 1.29 is 9.84 Å². The SMILES string of the molecule is CCNC(=NCC(O)c1cccc(Cl)c1)NC1C2CCOC2C1(C)C. The Morgan fingerprint density at radius 1 is 1.48 bits per heavy atom. The molecule has 6 heteroatoms. The molecule has 3 N–H and O–H groups in total. The van der Waals surface area contributed by atoms with E-state index in [9.17, 15) is 5.11 Å². The lowest BCUT2D eigenvalue weighted by atomic mass is 9.57. The van der Waals surface area contributed by atoms with Crippen LogP contribution in [0.15, 0.2) is 29.3 Å². The minimum atomic E-state index is -0.675. The van der Waals surface area contributed by atoms with Gasteiger partial charge in [0.25, 0.3) is 0 Å². The lowest BCUT2D eigenvalue weighted by Gasteiger charge is -2.54. The minimum absolute atomic E-state index is 0.0862. The van der Waals surface area contributed by atoms with E-state index in [4.69, 9.17) is 16.3 Å². The number of nitrogens with zero attached hydrogens (tertiary/aromatic N) is 1. The van der Waals surface area contributed by atoms with Gasteiger partial charge in [-0.3, -0.25) is 4.99 Å². The van der Waals surface area contributed by atoms with Gasteiger partial charge in [0, 0.05) is 35.5 Å². The van der Waals surface area contributed by atoms with E-state index in [1.54, 1.807) is 12.1 Å². The summed E-state index contributed by atoms with van der Waals surface area (Å²) in [5.41, 5.74) is 0.864. The van der Waals surface area contributed by atoms with E-state index >= 15 is 0 Å². The summed E-state index contributed by atoms with van der Waals surface area (Å²) in [5, 5.41) is 17.8. The van der Waals surface area contributed by atoms with Crippen LogP contribution in [0.2, 0.25) is 5.02 Å². The predicted molar refractivity (Wildman–Crippen MR) is 101 cm³/mol. The lowest BCUT2D eigenvalue weighted by molar-refractivity contribution is -0.106. The van der Waals surface area contributed by atoms with Gasteiger partial charge in [0.15, 0.2) is 5.96 Å². The van der Waals surface area contributed by atoms with Crippen molar-refractivity contribution in [2.45, 2.75) is 45.4 Å². The first kappa shape index (κ1) is 18.5. The Kier molecular flexibility index (Phi) is 5.56. The maximum atomic E-state index is 10.4. The molecule has 1 aromatic carbocycles. The van der Waals surface area contributed by atoms with Gasteiger partial charge in [-0.2, -0.15) is 0 Å². The van der Waals surface area contributed by atoms with Gasteiger partial charge in [0.2, 0.25) is 0 Å². The molecule has 1 heterocycles. The molecule has 0 aromatic heterocycles. The summed E-state index contributed by atoms with van der Waals surface area (Å²) in [5.74, 6) is 1.28. The highest BCUT2D eigenvalue weighted by atomic mass is 35.5. The molecule has 0 amide bonds. The van der Waals surface area contributed by atoms with E-state index in [0.29, 0.717) is 23.1 Å². The van der Waals surface area contributed by atoms with E-state index in [-0.39, 0.29) is 12.0 Å². The molecule has 1 aliphatic carbocycles. The molecule has 4 unspecified atom stereocenters. The maximum absolute atomic E-state index is 10.4. The summed E-state index contributed by atoms with van der Waals surface area (Å²) in [6, 6.07) is 7.61. The van der Waals surface area contributed by atoms with E-state index in [2.05, 4.69) is 29.5 Å². The molecule has 25 heavy (non-hydrogen) atoms. The van der Waals surface area contributed by atoms with Gasteiger partial charge < -0.3 is 20.5 Å². The van der Waals surface area contributed by atoms with E-state index in [1.807, 2.05) is 19.1 Å². The van der Waals surface area contributed by atoms with Crippen molar-refractivity contribution in [1.29, 1.82) is 0 Å². The standard InChI is InChI=1S/C19H28ClN3O2/c1-4-21-18(22-11-15(24)12-6-5-7-13(20)10-12)23-16-14-8-9-25-17(14)19(16,2)3/h5-7,10,14-17,24H,4,8-9,11H2,1-3H3,(H2,21,22,23). The highest BCUT2D eigenvalue weighted by Gasteiger charge is 2.59. The van der Waals surface area contributed by atoms with Gasteiger partial charge in [-0.1, -0.05) is 37.6 Å². The second kappa shape index (κ2) is 7.52. The molecule has 3 rings (SSSR count). The fraction of sp³-hybridized carbons (Fsp3) is 0.632. The molecule has 2 aliphatic rings. The Bertz CT molecular complexity index is 635. The number of rotatable bonds is 5. The van der Waals surface area contributed by atoms with Crippen LogP contribution in [0.1, 0.15) is 38.9 Å². The van der Waals surface area contributed by atoms with Crippen molar-refractivity contribution >= 4 is 17.6 Å². The third-order valence-electron chi connectivity index (χ3n) is 5.39. The van der Waals surface area contributed by atoms with Gasteiger partial charge in [0.1, 0.15) is 0 Å². The van der Waals surface area contributed by atoms with Gasteiger partial charge in [0.05, 0.1) is 18.8 Å². The number of guanidine groups is 1. The number of hydrogen-bond acceptors (Lipinski definition) is 3. The summed E-state index contributed by atoms with van der Waals surface area (Å²) in [6.45, 7) is 8.42. The Balaban J connectivity index is 1.65. The number of aliphatic hydroxyl groups excluding tert-OH is 1. The zero-order valence-electron chi connectivity index (χ0n) is 15.1. The molecule has 0 spiro atoms. The minimum Gasteiger partial charge on any atom is -0.386 e. The van der Waals surface area contributed by atoms with Crippen molar-refractivity contribution in [3.8, 4) is 0 Å². The Morgan fingerprint density at radius 3 is 3.00 bits per heavy atom. The number of aliphatic imine (C=N–C) groups is 1. The number of benzene rings is 1. The molecule has 0 bridgehead atoms. The van der Waals surface area contributed by atoms with Crippen LogP contribution < -0.4 is 10.6 Å². The number of fused-ring (bicyclic) bond motifs is 1. The third kappa shape index (κ3) is 3.78. The lowest BCUT2D eigenvalue weighted by Crippen LogP contribution is -2.68. The van der Waals surface area contributed by atoms with E-state index in [1.165, 1.54) is 0 Å². The molecule has 5 nitrogen and oxygen atoms in total. The topological polar surface area (TPSA) is 65.9 Å². The maximum Gasteiger partial charge on any atom is 0.191 e. The van der Waals surface area contributed by atoms with Crippen LogP contribution in [0, 0.1) is 11.3 Å². The van der Waals surface area contributed by atoms with Crippen LogP contribution in [-0.2, 0) is 4.74 Å². The summed E-state index contributed by atoms with van der Waals surface area (Å²) >= 11 is 6.00. The number of aliphatic hydroxyl groups is 1. The first-order chi connectivity index (χ1) is 11.9. The molecule has 1 aromatic rings. The Morgan fingerprint density at radius 2 is 2.28 bits per heavy atom. The number of halogens is 1. The fourth-order valence-corrected chi connectivity index (χ4v) is 4.28. The van der Waals surface area contributed by atoms with Crippen LogP contribution in [0.25, 0.3) is 0 Å². The van der Waals surface area contributed by atoms with E-state index in [0.717, 1.165) is 31.1 Å². The largest absolute Gasteiger partial charge is 0.386 e. The van der Waals surface area contributed by atoms with Crippen molar-refractivity contribution in [2.75, 3.05) is 19.7 Å². The van der Waals surface area contributed by atoms with E-state index < -0.39 is 6.10 Å². The quantitative estimate of drug-likeness (QED) is 0.554. The monoisotopic (exact) mass is 365 g/mol. The molecule has 2 fully saturated rings. The first-order valence-corrected chi connectivity index (χ1v) is 9.41. The van der Waals surface area contributed by atoms with Crippen LogP contribution in [0.4, 0.5) is 0 Å². The summed E-state index contributed by atoms with van der Waals surface area (Å²) in [7, 11) is 0. The van der Waals surface area contributed by atoms with Crippen molar-refractivity contribution in [3.05, 3.63) is 34.9 Å². The normalized spacial score (nSPS) is 28.8. The third-order valence-corrected chi connectivity index (χ3v) is 5.63. The second-order valence-electron chi connectivity index (χ2n) is 7.48. The Labute approximate surface area is 154 Å². The molecule has 1 saturated carbocycles. The average molecular weight is 366 g/mol. The molecule has 4 atom stereocenters. The highest BCUT2D eigenvalue weighted by molar-refractivity contribution is 6.30. The summed E-state index contributed by atoms with van der Waals surface area (Å²) in [6.07, 6.45) is 0.757. The van der Waals surface area contributed by atoms with Crippen LogP contribution in [-0.4, -0.2) is 42.9 Å². The molecule has 138 valence electrons.